The summed E-state index contributed by atoms with van der Waals surface area (Å²) in [6, 6.07) is 18.2. The van der Waals surface area contributed by atoms with Crippen molar-refractivity contribution < 1.29 is 13.2 Å². The molecule has 1 saturated heterocycles. The van der Waals surface area contributed by atoms with Crippen LogP contribution in [0.2, 0.25) is 5.02 Å². The van der Waals surface area contributed by atoms with E-state index in [2.05, 4.69) is 0 Å². The van der Waals surface area contributed by atoms with Crippen LogP contribution in [0.5, 0.6) is 0 Å². The van der Waals surface area contributed by atoms with Crippen LogP contribution in [0.4, 0.5) is 0 Å². The van der Waals surface area contributed by atoms with E-state index in [4.69, 9.17) is 11.6 Å². The number of sulfonamides is 1. The summed E-state index contributed by atoms with van der Waals surface area (Å²) in [7, 11) is -3.67. The Bertz CT molecular complexity index is 1120. The van der Waals surface area contributed by atoms with Crippen LogP contribution in [0.15, 0.2) is 78.0 Å². The van der Waals surface area contributed by atoms with Gasteiger partial charge in [-0.3, -0.25) is 4.79 Å². The Morgan fingerprint density at radius 1 is 0.867 bits per heavy atom. The molecule has 6 nitrogen and oxygen atoms in total. The topological polar surface area (TPSA) is 62.6 Å². The van der Waals surface area contributed by atoms with Crippen LogP contribution in [-0.4, -0.2) is 54.3 Å². The van der Waals surface area contributed by atoms with Crippen molar-refractivity contribution >= 4 is 27.5 Å². The fourth-order valence-electron chi connectivity index (χ4n) is 3.55. The summed E-state index contributed by atoms with van der Waals surface area (Å²) in [6.07, 6.45) is 4.23. The molecule has 156 valence electrons. The zero-order chi connectivity index (χ0) is 21.1. The molecule has 30 heavy (non-hydrogen) atoms. The van der Waals surface area contributed by atoms with Gasteiger partial charge in [-0.2, -0.15) is 4.31 Å². The van der Waals surface area contributed by atoms with Gasteiger partial charge in [0.2, 0.25) is 15.9 Å². The summed E-state index contributed by atoms with van der Waals surface area (Å²) in [5.74, 6) is -0.00138. The highest BCUT2D eigenvalue weighted by atomic mass is 35.5. The lowest BCUT2D eigenvalue weighted by molar-refractivity contribution is -0.131. The molecule has 0 atom stereocenters. The fourth-order valence-corrected chi connectivity index (χ4v) is 5.47. The average molecular weight is 444 g/mol. The van der Waals surface area contributed by atoms with E-state index in [0.717, 1.165) is 11.3 Å². The standard InChI is InChI=1S/C22H22ClN3O3S/c23-20-5-1-2-6-21(20)30(28,29)26-15-13-25(14-16-26)22(27)17-18-7-9-19(10-8-18)24-11-3-4-12-24/h1-12H,13-17H2. The second-order valence-corrected chi connectivity index (χ2v) is 9.46. The minimum atomic E-state index is -3.67. The Morgan fingerprint density at radius 2 is 1.50 bits per heavy atom. The number of piperazine rings is 1. The molecule has 4 rings (SSSR count). The van der Waals surface area contributed by atoms with E-state index in [9.17, 15) is 13.2 Å². The van der Waals surface area contributed by atoms with Gasteiger partial charge < -0.3 is 9.47 Å². The SMILES string of the molecule is O=C(Cc1ccc(-n2cccc2)cc1)N1CCN(S(=O)(=O)c2ccccc2Cl)CC1. The van der Waals surface area contributed by atoms with Crippen molar-refractivity contribution in [1.29, 1.82) is 0 Å². The first-order valence-electron chi connectivity index (χ1n) is 9.70. The number of benzene rings is 2. The number of halogens is 1. The van der Waals surface area contributed by atoms with E-state index in [1.54, 1.807) is 23.1 Å². The number of hydrogen-bond acceptors (Lipinski definition) is 3. The second-order valence-electron chi connectivity index (χ2n) is 7.15. The minimum absolute atomic E-state index is 0.00138. The van der Waals surface area contributed by atoms with E-state index < -0.39 is 10.0 Å². The molecule has 0 N–H and O–H groups in total. The highest BCUT2D eigenvalue weighted by molar-refractivity contribution is 7.89. The third-order valence-electron chi connectivity index (χ3n) is 5.24. The molecule has 1 aromatic heterocycles. The van der Waals surface area contributed by atoms with Crippen LogP contribution in [-0.2, 0) is 21.2 Å². The van der Waals surface area contributed by atoms with Crippen LogP contribution < -0.4 is 0 Å². The average Bonchev–Trinajstić information content (AvgIpc) is 3.29. The first kappa shape index (κ1) is 20.7. The number of amides is 1. The Morgan fingerprint density at radius 3 is 2.13 bits per heavy atom. The fraction of sp³-hybridized carbons (Fsp3) is 0.227. The molecular weight excluding hydrogens is 422 g/mol. The van der Waals surface area contributed by atoms with Crippen molar-refractivity contribution in [1.82, 2.24) is 13.8 Å². The smallest absolute Gasteiger partial charge is 0.244 e. The highest BCUT2D eigenvalue weighted by Crippen LogP contribution is 2.25. The van der Waals surface area contributed by atoms with E-state index in [1.807, 2.05) is 53.4 Å². The maximum Gasteiger partial charge on any atom is 0.244 e. The van der Waals surface area contributed by atoms with Crippen molar-refractivity contribution in [2.45, 2.75) is 11.3 Å². The lowest BCUT2D eigenvalue weighted by atomic mass is 10.1. The lowest BCUT2D eigenvalue weighted by Gasteiger charge is -2.34. The van der Waals surface area contributed by atoms with Gasteiger partial charge in [0.05, 0.1) is 11.4 Å². The Kier molecular flexibility index (Phi) is 5.94. The summed E-state index contributed by atoms with van der Waals surface area (Å²) in [5.41, 5.74) is 1.97. The number of carbonyl (C=O) groups excluding carboxylic acids is 1. The van der Waals surface area contributed by atoms with Gasteiger partial charge in [0, 0.05) is 44.3 Å². The third kappa shape index (κ3) is 4.28. The summed E-state index contributed by atoms with van der Waals surface area (Å²) < 4.78 is 29.1. The maximum absolute atomic E-state index is 12.8. The Balaban J connectivity index is 1.36. The van der Waals surface area contributed by atoms with Crippen LogP contribution in [0.1, 0.15) is 5.56 Å². The van der Waals surface area contributed by atoms with Crippen molar-refractivity contribution in [3.05, 3.63) is 83.6 Å². The summed E-state index contributed by atoms with van der Waals surface area (Å²) in [4.78, 5) is 14.5. The van der Waals surface area contributed by atoms with Gasteiger partial charge in [0.15, 0.2) is 0 Å². The number of aromatic nitrogens is 1. The maximum atomic E-state index is 12.8. The Labute approximate surface area is 181 Å². The molecule has 0 radical (unpaired) electrons. The molecule has 0 saturated carbocycles. The molecule has 1 amide bonds. The summed E-state index contributed by atoms with van der Waals surface area (Å²) >= 11 is 6.07. The van der Waals surface area contributed by atoms with Gasteiger partial charge >= 0.3 is 0 Å². The molecule has 0 bridgehead atoms. The van der Waals surface area contributed by atoms with Gasteiger partial charge in [-0.25, -0.2) is 8.42 Å². The first-order valence-corrected chi connectivity index (χ1v) is 11.5. The van der Waals surface area contributed by atoms with E-state index in [1.165, 1.54) is 10.4 Å². The molecule has 1 fully saturated rings. The molecule has 0 spiro atoms. The number of rotatable bonds is 5. The molecular formula is C22H22ClN3O3S. The van der Waals surface area contributed by atoms with Crippen molar-refractivity contribution in [2.24, 2.45) is 0 Å². The zero-order valence-electron chi connectivity index (χ0n) is 16.3. The normalized spacial score (nSPS) is 15.3. The van der Waals surface area contributed by atoms with Crippen molar-refractivity contribution in [3.63, 3.8) is 0 Å². The van der Waals surface area contributed by atoms with Crippen molar-refractivity contribution in [2.75, 3.05) is 26.2 Å². The van der Waals surface area contributed by atoms with E-state index in [0.29, 0.717) is 19.5 Å². The molecule has 1 aliphatic rings. The molecule has 0 unspecified atom stereocenters. The van der Waals surface area contributed by atoms with E-state index in [-0.39, 0.29) is 28.9 Å². The molecule has 2 heterocycles. The Hall–Kier alpha value is -2.61. The van der Waals surface area contributed by atoms with E-state index >= 15 is 0 Å². The van der Waals surface area contributed by atoms with Gasteiger partial charge in [-0.1, -0.05) is 35.9 Å². The minimum Gasteiger partial charge on any atom is -0.340 e. The molecule has 2 aromatic carbocycles. The van der Waals surface area contributed by atoms with Gasteiger partial charge in [0.1, 0.15) is 4.90 Å². The highest BCUT2D eigenvalue weighted by Gasteiger charge is 2.31. The van der Waals surface area contributed by atoms with Crippen LogP contribution in [0, 0.1) is 0 Å². The number of hydrogen-bond donors (Lipinski definition) is 0. The van der Waals surface area contributed by atoms with Gasteiger partial charge in [-0.15, -0.1) is 0 Å². The third-order valence-corrected chi connectivity index (χ3v) is 7.64. The predicted molar refractivity (Wildman–Crippen MR) is 116 cm³/mol. The second kappa shape index (κ2) is 8.63. The van der Waals surface area contributed by atoms with Gasteiger partial charge in [0.25, 0.3) is 0 Å². The van der Waals surface area contributed by atoms with Crippen molar-refractivity contribution in [3.8, 4) is 5.69 Å². The quantitative estimate of drug-likeness (QED) is 0.608. The predicted octanol–water partition coefficient (Wildman–Crippen LogP) is 3.21. The lowest BCUT2D eigenvalue weighted by Crippen LogP contribution is -2.50. The molecule has 0 aliphatic carbocycles. The monoisotopic (exact) mass is 443 g/mol. The summed E-state index contributed by atoms with van der Waals surface area (Å²) in [6.45, 7) is 1.24. The summed E-state index contributed by atoms with van der Waals surface area (Å²) in [5, 5.41) is 0.208. The largest absolute Gasteiger partial charge is 0.340 e. The molecule has 3 aromatic rings. The molecule has 1 aliphatic heterocycles. The van der Waals surface area contributed by atoms with Crippen LogP contribution in [0.3, 0.4) is 0 Å². The van der Waals surface area contributed by atoms with Crippen LogP contribution >= 0.6 is 11.6 Å². The van der Waals surface area contributed by atoms with Crippen LogP contribution in [0.25, 0.3) is 5.69 Å². The van der Waals surface area contributed by atoms with Gasteiger partial charge in [-0.05, 0) is 42.0 Å². The zero-order valence-corrected chi connectivity index (χ0v) is 17.9. The number of nitrogens with zero attached hydrogens (tertiary/aromatic N) is 3. The molecule has 8 heteroatoms. The number of carbonyl (C=O) groups is 1. The first-order chi connectivity index (χ1) is 14.4.